The van der Waals surface area contributed by atoms with Gasteiger partial charge in [0.25, 0.3) is 5.91 Å². The Kier molecular flexibility index (Phi) is 5.07. The lowest BCUT2D eigenvalue weighted by molar-refractivity contribution is -0.123. The van der Waals surface area contributed by atoms with E-state index in [9.17, 15) is 9.59 Å². The van der Waals surface area contributed by atoms with Gasteiger partial charge in [0.1, 0.15) is 0 Å². The Labute approximate surface area is 152 Å². The van der Waals surface area contributed by atoms with Crippen LogP contribution in [0.4, 0.5) is 5.69 Å². The molecule has 0 spiro atoms. The summed E-state index contributed by atoms with van der Waals surface area (Å²) in [5.74, 6) is -0.466. The second kappa shape index (κ2) is 7.44. The summed E-state index contributed by atoms with van der Waals surface area (Å²) in [6, 6.07) is 15.1. The zero-order chi connectivity index (χ0) is 18.7. The summed E-state index contributed by atoms with van der Waals surface area (Å²) in [6.07, 6.45) is 0.698. The minimum atomic E-state index is -0.902. The number of H-pyrrole nitrogens is 1. The van der Waals surface area contributed by atoms with Crippen molar-refractivity contribution in [2.24, 2.45) is 0 Å². The molecule has 2 aromatic carbocycles. The van der Waals surface area contributed by atoms with Gasteiger partial charge in [0.2, 0.25) is 0 Å². The van der Waals surface area contributed by atoms with Crippen LogP contribution in [0.15, 0.2) is 54.7 Å². The summed E-state index contributed by atoms with van der Waals surface area (Å²) in [5, 5.41) is 3.54. The van der Waals surface area contributed by atoms with Gasteiger partial charge >= 0.3 is 5.97 Å². The van der Waals surface area contributed by atoms with Gasteiger partial charge in [-0.25, -0.2) is 4.79 Å². The molecule has 3 rings (SSSR count). The summed E-state index contributed by atoms with van der Waals surface area (Å²) in [7, 11) is 0. The number of aromatic nitrogens is 1. The zero-order valence-corrected chi connectivity index (χ0v) is 15.1. The Balaban J connectivity index is 1.64. The third-order valence-corrected chi connectivity index (χ3v) is 4.31. The van der Waals surface area contributed by atoms with Crippen LogP contribution in [-0.4, -0.2) is 23.0 Å². The lowest BCUT2D eigenvalue weighted by Gasteiger charge is -2.14. The predicted molar refractivity (Wildman–Crippen MR) is 102 cm³/mol. The second-order valence-corrected chi connectivity index (χ2v) is 6.56. The fraction of sp³-hybridized carbons (Fsp3) is 0.238. The van der Waals surface area contributed by atoms with Crippen molar-refractivity contribution < 1.29 is 14.3 Å². The Bertz CT molecular complexity index is 926. The number of carbonyl (C=O) groups excluding carboxylic acids is 2. The molecule has 0 aliphatic rings. The van der Waals surface area contributed by atoms with Crippen molar-refractivity contribution in [3.63, 3.8) is 0 Å². The van der Waals surface area contributed by atoms with Crippen LogP contribution in [0.1, 0.15) is 42.6 Å². The van der Waals surface area contributed by atoms with Crippen LogP contribution in [-0.2, 0) is 9.53 Å². The van der Waals surface area contributed by atoms with Crippen LogP contribution in [0.25, 0.3) is 10.9 Å². The molecule has 26 heavy (non-hydrogen) atoms. The van der Waals surface area contributed by atoms with Crippen molar-refractivity contribution in [2.45, 2.75) is 32.8 Å². The van der Waals surface area contributed by atoms with Crippen LogP contribution in [0.2, 0.25) is 0 Å². The van der Waals surface area contributed by atoms with Crippen LogP contribution in [0, 0.1) is 0 Å². The number of fused-ring (bicyclic) bond motifs is 1. The molecule has 0 aliphatic heterocycles. The number of ether oxygens (including phenoxy) is 1. The van der Waals surface area contributed by atoms with Crippen molar-refractivity contribution in [1.82, 2.24) is 4.98 Å². The fourth-order valence-corrected chi connectivity index (χ4v) is 2.71. The number of benzene rings is 2. The number of aromatic amines is 1. The topological polar surface area (TPSA) is 71.2 Å². The van der Waals surface area contributed by atoms with Gasteiger partial charge in [0, 0.05) is 22.8 Å². The molecular formula is C21H22N2O3. The average Bonchev–Trinajstić information content (AvgIpc) is 3.06. The number of carbonyl (C=O) groups is 2. The number of para-hydroxylation sites is 1. The monoisotopic (exact) mass is 350 g/mol. The molecule has 0 saturated heterocycles. The van der Waals surface area contributed by atoms with Gasteiger partial charge in [-0.2, -0.15) is 0 Å². The number of rotatable bonds is 5. The van der Waals surface area contributed by atoms with E-state index in [0.717, 1.165) is 10.9 Å². The van der Waals surface area contributed by atoms with E-state index in [2.05, 4.69) is 24.1 Å². The smallest absolute Gasteiger partial charge is 0.341 e. The minimum Gasteiger partial charge on any atom is -0.449 e. The summed E-state index contributed by atoms with van der Waals surface area (Å²) in [4.78, 5) is 27.7. The molecule has 0 unspecified atom stereocenters. The molecule has 1 heterocycles. The predicted octanol–water partition coefficient (Wildman–Crippen LogP) is 4.48. The highest BCUT2D eigenvalue weighted by Crippen LogP contribution is 2.20. The second-order valence-electron chi connectivity index (χ2n) is 6.56. The Morgan fingerprint density at radius 2 is 1.69 bits per heavy atom. The van der Waals surface area contributed by atoms with Gasteiger partial charge in [0.15, 0.2) is 6.10 Å². The number of anilines is 1. The number of nitrogens with one attached hydrogen (secondary N) is 2. The van der Waals surface area contributed by atoms with Crippen molar-refractivity contribution in [2.75, 3.05) is 5.32 Å². The molecule has 3 aromatic rings. The number of hydrogen-bond donors (Lipinski definition) is 2. The number of hydrogen-bond acceptors (Lipinski definition) is 3. The van der Waals surface area contributed by atoms with Crippen LogP contribution in [0.5, 0.6) is 0 Å². The maximum Gasteiger partial charge on any atom is 0.341 e. The fourth-order valence-electron chi connectivity index (χ4n) is 2.71. The average molecular weight is 350 g/mol. The summed E-state index contributed by atoms with van der Waals surface area (Å²) >= 11 is 0. The third-order valence-electron chi connectivity index (χ3n) is 4.31. The van der Waals surface area contributed by atoms with E-state index in [4.69, 9.17) is 4.74 Å². The van der Waals surface area contributed by atoms with Crippen molar-refractivity contribution in [3.8, 4) is 0 Å². The van der Waals surface area contributed by atoms with Crippen LogP contribution < -0.4 is 5.32 Å². The Morgan fingerprint density at radius 1 is 1.00 bits per heavy atom. The quantitative estimate of drug-likeness (QED) is 0.667. The Hall–Kier alpha value is -3.08. The normalized spacial score (nSPS) is 12.2. The molecule has 2 N–H and O–H groups in total. The van der Waals surface area contributed by atoms with E-state index in [1.807, 2.05) is 48.5 Å². The maximum absolute atomic E-state index is 12.4. The van der Waals surface area contributed by atoms with Gasteiger partial charge in [-0.15, -0.1) is 0 Å². The minimum absolute atomic E-state index is 0.365. The molecule has 1 aromatic heterocycles. The first-order valence-corrected chi connectivity index (χ1v) is 8.63. The molecule has 1 amide bonds. The van der Waals surface area contributed by atoms with Crippen LogP contribution >= 0.6 is 0 Å². The Morgan fingerprint density at radius 3 is 2.38 bits per heavy atom. The molecular weight excluding hydrogens is 328 g/mol. The van der Waals surface area contributed by atoms with Crippen molar-refractivity contribution in [1.29, 1.82) is 0 Å². The molecule has 5 heteroatoms. The van der Waals surface area contributed by atoms with Crippen LogP contribution in [0.3, 0.4) is 0 Å². The van der Waals surface area contributed by atoms with E-state index in [0.29, 0.717) is 17.2 Å². The molecule has 0 bridgehead atoms. The van der Waals surface area contributed by atoms with E-state index in [1.165, 1.54) is 5.56 Å². The van der Waals surface area contributed by atoms with Gasteiger partial charge in [-0.1, -0.05) is 44.2 Å². The zero-order valence-electron chi connectivity index (χ0n) is 15.1. The third kappa shape index (κ3) is 3.77. The summed E-state index contributed by atoms with van der Waals surface area (Å²) in [6.45, 7) is 5.78. The van der Waals surface area contributed by atoms with Gasteiger partial charge in [0.05, 0.1) is 5.56 Å². The van der Waals surface area contributed by atoms with Gasteiger partial charge in [-0.05, 0) is 36.6 Å². The molecule has 0 aliphatic carbocycles. The highest BCUT2D eigenvalue weighted by atomic mass is 16.5. The number of amides is 1. The van der Waals surface area contributed by atoms with E-state index < -0.39 is 12.1 Å². The molecule has 0 saturated carbocycles. The maximum atomic E-state index is 12.4. The molecule has 0 fully saturated rings. The van der Waals surface area contributed by atoms with Gasteiger partial charge in [-0.3, -0.25) is 4.79 Å². The van der Waals surface area contributed by atoms with E-state index in [1.54, 1.807) is 13.1 Å². The molecule has 5 nitrogen and oxygen atoms in total. The summed E-state index contributed by atoms with van der Waals surface area (Å²) in [5.41, 5.74) is 3.14. The summed E-state index contributed by atoms with van der Waals surface area (Å²) < 4.78 is 5.33. The highest BCUT2D eigenvalue weighted by Gasteiger charge is 2.21. The standard InChI is InChI=1S/C21H22N2O3/c1-13(2)15-8-10-16(11-9-15)23-20(24)14(3)26-21(25)18-12-22-19-7-5-4-6-17(18)19/h4-14,22H,1-3H3,(H,23,24)/t14-/m1/s1. The van der Waals surface area contributed by atoms with Gasteiger partial charge < -0.3 is 15.0 Å². The molecule has 134 valence electrons. The van der Waals surface area contributed by atoms with Crippen molar-refractivity contribution in [3.05, 3.63) is 65.9 Å². The van der Waals surface area contributed by atoms with Crippen molar-refractivity contribution >= 4 is 28.5 Å². The molecule has 1 atom stereocenters. The number of esters is 1. The first-order valence-electron chi connectivity index (χ1n) is 8.63. The van der Waals surface area contributed by atoms with E-state index >= 15 is 0 Å². The molecule has 0 radical (unpaired) electrons. The highest BCUT2D eigenvalue weighted by molar-refractivity contribution is 6.05. The lowest BCUT2D eigenvalue weighted by atomic mass is 10.0. The first kappa shape index (κ1) is 17.7. The first-order chi connectivity index (χ1) is 12.5. The largest absolute Gasteiger partial charge is 0.449 e. The SMILES string of the molecule is CC(C)c1ccc(NC(=O)[C@@H](C)OC(=O)c2c[nH]c3ccccc23)cc1. The lowest BCUT2D eigenvalue weighted by Crippen LogP contribution is -2.29. The van der Waals surface area contributed by atoms with E-state index in [-0.39, 0.29) is 5.91 Å².